The zero-order valence-corrected chi connectivity index (χ0v) is 15.4. The van der Waals surface area contributed by atoms with Gasteiger partial charge in [-0.3, -0.25) is 14.2 Å². The van der Waals surface area contributed by atoms with Crippen molar-refractivity contribution in [2.45, 2.75) is 19.5 Å². The number of para-hydroxylation sites is 1. The standard InChI is InChI=1S/C19H18BrN3O2/c1-22(12-14-6-8-15(20)9-7-14)18(24)10-11-23-13-21-17-5-3-2-4-16(17)19(23)25/h2-9,13H,10-12H2,1H3. The SMILES string of the molecule is CN(Cc1ccc(Br)cc1)C(=O)CCn1cnc2ccccc2c1=O. The fourth-order valence-corrected chi connectivity index (χ4v) is 2.89. The first-order valence-corrected chi connectivity index (χ1v) is 8.76. The Hall–Kier alpha value is -2.47. The third kappa shape index (κ3) is 4.14. The maximum absolute atomic E-state index is 12.4. The van der Waals surface area contributed by atoms with Gasteiger partial charge in [0.15, 0.2) is 0 Å². The molecule has 3 rings (SSSR count). The summed E-state index contributed by atoms with van der Waals surface area (Å²) in [4.78, 5) is 30.7. The number of hydrogen-bond acceptors (Lipinski definition) is 3. The number of aryl methyl sites for hydroxylation is 1. The van der Waals surface area contributed by atoms with E-state index in [1.54, 1.807) is 24.1 Å². The van der Waals surface area contributed by atoms with E-state index in [1.807, 2.05) is 36.4 Å². The van der Waals surface area contributed by atoms with Crippen LogP contribution in [0, 0.1) is 0 Å². The molecule has 0 radical (unpaired) electrons. The average Bonchev–Trinajstić information content (AvgIpc) is 2.63. The topological polar surface area (TPSA) is 55.2 Å². The van der Waals surface area contributed by atoms with Crippen LogP contribution in [0.1, 0.15) is 12.0 Å². The molecule has 2 aromatic carbocycles. The van der Waals surface area contributed by atoms with Crippen LogP contribution >= 0.6 is 15.9 Å². The Morgan fingerprint density at radius 2 is 1.88 bits per heavy atom. The Balaban J connectivity index is 1.64. The van der Waals surface area contributed by atoms with Crippen molar-refractivity contribution in [2.24, 2.45) is 0 Å². The lowest BCUT2D eigenvalue weighted by Crippen LogP contribution is -2.29. The molecule has 5 nitrogen and oxygen atoms in total. The van der Waals surface area contributed by atoms with Gasteiger partial charge < -0.3 is 4.90 Å². The predicted molar refractivity (Wildman–Crippen MR) is 101 cm³/mol. The quantitative estimate of drug-likeness (QED) is 0.661. The first kappa shape index (κ1) is 17.4. The first-order valence-electron chi connectivity index (χ1n) is 7.97. The van der Waals surface area contributed by atoms with Crippen molar-refractivity contribution < 1.29 is 4.79 Å². The first-order chi connectivity index (χ1) is 12.0. The molecule has 1 aromatic heterocycles. The van der Waals surface area contributed by atoms with E-state index >= 15 is 0 Å². The van der Waals surface area contributed by atoms with Crippen LogP contribution in [0.15, 0.2) is 64.1 Å². The zero-order chi connectivity index (χ0) is 17.8. The molecule has 0 saturated carbocycles. The molecule has 1 amide bonds. The van der Waals surface area contributed by atoms with E-state index in [9.17, 15) is 9.59 Å². The summed E-state index contributed by atoms with van der Waals surface area (Å²) in [5, 5.41) is 0.570. The lowest BCUT2D eigenvalue weighted by Gasteiger charge is -2.17. The minimum atomic E-state index is -0.117. The van der Waals surface area contributed by atoms with Crippen LogP contribution in [0.25, 0.3) is 10.9 Å². The highest BCUT2D eigenvalue weighted by atomic mass is 79.9. The third-order valence-electron chi connectivity index (χ3n) is 4.06. The minimum Gasteiger partial charge on any atom is -0.341 e. The van der Waals surface area contributed by atoms with Gasteiger partial charge in [-0.15, -0.1) is 0 Å². The molecule has 0 bridgehead atoms. The summed E-state index contributed by atoms with van der Waals surface area (Å²) >= 11 is 3.40. The molecule has 0 unspecified atom stereocenters. The second kappa shape index (κ2) is 7.61. The molecule has 1 heterocycles. The summed E-state index contributed by atoms with van der Waals surface area (Å²) in [6, 6.07) is 15.1. The van der Waals surface area contributed by atoms with Crippen LogP contribution in [0.5, 0.6) is 0 Å². The molecule has 0 aliphatic rings. The molecular weight excluding hydrogens is 382 g/mol. The van der Waals surface area contributed by atoms with Crippen molar-refractivity contribution in [3.63, 3.8) is 0 Å². The van der Waals surface area contributed by atoms with Gasteiger partial charge in [0.05, 0.1) is 17.2 Å². The Kier molecular flexibility index (Phi) is 5.28. The molecular formula is C19H18BrN3O2. The number of rotatable bonds is 5. The van der Waals surface area contributed by atoms with E-state index in [0.29, 0.717) is 24.0 Å². The Labute approximate surface area is 154 Å². The van der Waals surface area contributed by atoms with Crippen molar-refractivity contribution >= 4 is 32.7 Å². The summed E-state index contributed by atoms with van der Waals surface area (Å²) in [5.74, 6) is -0.0111. The van der Waals surface area contributed by atoms with E-state index in [-0.39, 0.29) is 17.9 Å². The zero-order valence-electron chi connectivity index (χ0n) is 13.9. The van der Waals surface area contributed by atoms with Crippen molar-refractivity contribution in [2.75, 3.05) is 7.05 Å². The van der Waals surface area contributed by atoms with Gasteiger partial charge in [-0.25, -0.2) is 4.98 Å². The number of hydrogen-bond donors (Lipinski definition) is 0. The second-order valence-corrected chi connectivity index (χ2v) is 6.80. The number of halogens is 1. The van der Waals surface area contributed by atoms with E-state index in [4.69, 9.17) is 0 Å². The number of fused-ring (bicyclic) bond motifs is 1. The number of carbonyl (C=O) groups is 1. The summed E-state index contributed by atoms with van der Waals surface area (Å²) < 4.78 is 2.50. The highest BCUT2D eigenvalue weighted by molar-refractivity contribution is 9.10. The average molecular weight is 400 g/mol. The lowest BCUT2D eigenvalue weighted by atomic mass is 10.2. The number of aromatic nitrogens is 2. The van der Waals surface area contributed by atoms with Crippen LogP contribution in [0.2, 0.25) is 0 Å². The molecule has 0 aliphatic heterocycles. The van der Waals surface area contributed by atoms with Gasteiger partial charge >= 0.3 is 0 Å². The number of amides is 1. The van der Waals surface area contributed by atoms with Crippen molar-refractivity contribution in [3.05, 3.63) is 75.2 Å². The van der Waals surface area contributed by atoms with E-state index < -0.39 is 0 Å². The normalized spacial score (nSPS) is 10.8. The van der Waals surface area contributed by atoms with Gasteiger partial charge in [-0.05, 0) is 29.8 Å². The number of carbonyl (C=O) groups excluding carboxylic acids is 1. The largest absolute Gasteiger partial charge is 0.341 e. The lowest BCUT2D eigenvalue weighted by molar-refractivity contribution is -0.130. The van der Waals surface area contributed by atoms with E-state index in [2.05, 4.69) is 20.9 Å². The minimum absolute atomic E-state index is 0.0111. The van der Waals surface area contributed by atoms with Gasteiger partial charge in [0.25, 0.3) is 5.56 Å². The molecule has 0 atom stereocenters. The molecule has 3 aromatic rings. The molecule has 0 N–H and O–H groups in total. The van der Waals surface area contributed by atoms with Crippen LogP contribution in [0.3, 0.4) is 0 Å². The maximum atomic E-state index is 12.4. The molecule has 128 valence electrons. The maximum Gasteiger partial charge on any atom is 0.261 e. The van der Waals surface area contributed by atoms with Crippen LogP contribution in [-0.4, -0.2) is 27.4 Å². The Morgan fingerprint density at radius 3 is 2.64 bits per heavy atom. The van der Waals surface area contributed by atoms with Crippen LogP contribution in [0.4, 0.5) is 0 Å². The van der Waals surface area contributed by atoms with Gasteiger partial charge in [-0.2, -0.15) is 0 Å². The molecule has 6 heteroatoms. The van der Waals surface area contributed by atoms with E-state index in [1.165, 1.54) is 10.9 Å². The fraction of sp³-hybridized carbons (Fsp3) is 0.211. The van der Waals surface area contributed by atoms with Gasteiger partial charge in [0.2, 0.25) is 5.91 Å². The predicted octanol–water partition coefficient (Wildman–Crippen LogP) is 3.21. The summed E-state index contributed by atoms with van der Waals surface area (Å²) in [7, 11) is 1.77. The van der Waals surface area contributed by atoms with Crippen molar-refractivity contribution in [1.29, 1.82) is 0 Å². The Bertz CT molecular complexity index is 951. The molecule has 0 fully saturated rings. The number of nitrogens with zero attached hydrogens (tertiary/aromatic N) is 3. The van der Waals surface area contributed by atoms with Crippen molar-refractivity contribution in [3.8, 4) is 0 Å². The number of benzene rings is 2. The Morgan fingerprint density at radius 1 is 1.16 bits per heavy atom. The van der Waals surface area contributed by atoms with Crippen LogP contribution < -0.4 is 5.56 Å². The monoisotopic (exact) mass is 399 g/mol. The molecule has 0 saturated heterocycles. The molecule has 0 aliphatic carbocycles. The fourth-order valence-electron chi connectivity index (χ4n) is 2.62. The van der Waals surface area contributed by atoms with E-state index in [0.717, 1.165) is 10.0 Å². The molecule has 0 spiro atoms. The summed E-state index contributed by atoms with van der Waals surface area (Å²) in [6.45, 7) is 0.858. The highest BCUT2D eigenvalue weighted by Crippen LogP contribution is 2.12. The second-order valence-electron chi connectivity index (χ2n) is 5.89. The van der Waals surface area contributed by atoms with Gasteiger partial charge in [0, 0.05) is 31.0 Å². The highest BCUT2D eigenvalue weighted by Gasteiger charge is 2.11. The summed E-state index contributed by atoms with van der Waals surface area (Å²) in [5.41, 5.74) is 1.61. The molecule has 25 heavy (non-hydrogen) atoms. The summed E-state index contributed by atoms with van der Waals surface area (Å²) in [6.07, 6.45) is 1.76. The third-order valence-corrected chi connectivity index (χ3v) is 4.59. The van der Waals surface area contributed by atoms with Crippen molar-refractivity contribution in [1.82, 2.24) is 14.5 Å². The van der Waals surface area contributed by atoms with Crippen LogP contribution in [-0.2, 0) is 17.9 Å². The van der Waals surface area contributed by atoms with Gasteiger partial charge in [-0.1, -0.05) is 40.2 Å². The van der Waals surface area contributed by atoms with Gasteiger partial charge in [0.1, 0.15) is 0 Å². The smallest absolute Gasteiger partial charge is 0.261 e.